The Kier molecular flexibility index (Phi) is 14.5. The van der Waals surface area contributed by atoms with E-state index in [-0.39, 0.29) is 30.1 Å². The van der Waals surface area contributed by atoms with Crippen molar-refractivity contribution in [3.63, 3.8) is 0 Å². The van der Waals surface area contributed by atoms with E-state index in [0.717, 1.165) is 70.8 Å². The predicted molar refractivity (Wildman–Crippen MR) is 128 cm³/mol. The van der Waals surface area contributed by atoms with Crippen LogP contribution in [0.4, 0.5) is 4.79 Å². The van der Waals surface area contributed by atoms with Crippen LogP contribution in [0.3, 0.4) is 0 Å². The summed E-state index contributed by atoms with van der Waals surface area (Å²) in [5, 5.41) is 6.84. The van der Waals surface area contributed by atoms with Crippen molar-refractivity contribution in [2.45, 2.75) is 83.3 Å². The van der Waals surface area contributed by atoms with Crippen molar-refractivity contribution >= 4 is 36.0 Å². The summed E-state index contributed by atoms with van der Waals surface area (Å²) in [7, 11) is 1.44. The minimum absolute atomic E-state index is 0. The molecule has 1 aliphatic heterocycles. The van der Waals surface area contributed by atoms with Crippen LogP contribution in [0, 0.1) is 0 Å². The number of amides is 1. The summed E-state index contributed by atoms with van der Waals surface area (Å²) in [6, 6.07) is 0.350. The molecule has 0 aromatic rings. The molecule has 0 aromatic carbocycles. The number of nitrogens with one attached hydrogen (secondary N) is 2. The average molecular weight is 524 g/mol. The molecule has 1 aliphatic carbocycles. The van der Waals surface area contributed by atoms with Gasteiger partial charge in [0.1, 0.15) is 0 Å². The molecule has 2 rings (SSSR count). The van der Waals surface area contributed by atoms with E-state index in [1.54, 1.807) is 4.90 Å². The number of guanidine groups is 1. The first-order chi connectivity index (χ1) is 13.7. The summed E-state index contributed by atoms with van der Waals surface area (Å²) in [5.74, 6) is 0.887. The number of hydrogen-bond donors (Lipinski definition) is 2. The molecule has 0 unspecified atom stereocenters. The zero-order valence-electron chi connectivity index (χ0n) is 18.3. The summed E-state index contributed by atoms with van der Waals surface area (Å²) in [6.45, 7) is 6.11. The number of ether oxygens (including phenoxy) is 2. The van der Waals surface area contributed by atoms with Crippen LogP contribution < -0.4 is 10.6 Å². The number of likely N-dealkylation sites (tertiary alicyclic amines) is 1. The van der Waals surface area contributed by atoms with Gasteiger partial charge in [-0.2, -0.15) is 0 Å². The first-order valence-electron chi connectivity index (χ1n) is 11.2. The van der Waals surface area contributed by atoms with Gasteiger partial charge in [-0.15, -0.1) is 24.0 Å². The molecule has 1 saturated heterocycles. The Bertz CT molecular complexity index is 465. The summed E-state index contributed by atoms with van der Waals surface area (Å²) in [6.07, 6.45) is 12.0. The standard InChI is InChI=1S/C21H40N4O3.HI/c1-3-22-20(24-18-12-15-25(16-13-18)21(26)27-2)23-14-8-5-9-17-28-19-10-6-4-7-11-19;/h18-19H,3-17H2,1-2H3,(H2,22,23,24);1H. The number of methoxy groups -OCH3 is 1. The molecule has 0 aromatic heterocycles. The second-order valence-corrected chi connectivity index (χ2v) is 7.83. The van der Waals surface area contributed by atoms with Gasteiger partial charge in [-0.1, -0.05) is 19.3 Å². The van der Waals surface area contributed by atoms with Gasteiger partial charge in [0.15, 0.2) is 5.96 Å². The van der Waals surface area contributed by atoms with Gasteiger partial charge in [-0.25, -0.2) is 4.79 Å². The van der Waals surface area contributed by atoms with Crippen molar-refractivity contribution < 1.29 is 14.3 Å². The number of hydrogen-bond acceptors (Lipinski definition) is 4. The van der Waals surface area contributed by atoms with Gasteiger partial charge in [0.05, 0.1) is 13.2 Å². The maximum absolute atomic E-state index is 11.6. The van der Waals surface area contributed by atoms with Gasteiger partial charge in [-0.3, -0.25) is 4.99 Å². The molecule has 1 saturated carbocycles. The fourth-order valence-electron chi connectivity index (χ4n) is 3.91. The van der Waals surface area contributed by atoms with Gasteiger partial charge < -0.3 is 25.0 Å². The Morgan fingerprint density at radius 3 is 2.45 bits per heavy atom. The van der Waals surface area contributed by atoms with E-state index in [1.807, 2.05) is 0 Å². The second-order valence-electron chi connectivity index (χ2n) is 7.83. The maximum Gasteiger partial charge on any atom is 0.409 e. The number of carbonyl (C=O) groups excluding carboxylic acids is 1. The molecule has 0 radical (unpaired) electrons. The van der Waals surface area contributed by atoms with Gasteiger partial charge in [0.2, 0.25) is 0 Å². The molecule has 0 bridgehead atoms. The Labute approximate surface area is 193 Å². The molecule has 0 spiro atoms. The fourth-order valence-corrected chi connectivity index (χ4v) is 3.91. The number of piperidine rings is 1. The topological polar surface area (TPSA) is 75.2 Å². The van der Waals surface area contributed by atoms with Crippen LogP contribution in [0.25, 0.3) is 0 Å². The number of carbonyl (C=O) groups is 1. The molecule has 7 nitrogen and oxygen atoms in total. The quantitative estimate of drug-likeness (QED) is 0.207. The smallest absolute Gasteiger partial charge is 0.409 e. The number of unbranched alkanes of at least 4 members (excludes halogenated alkanes) is 2. The van der Waals surface area contributed by atoms with Gasteiger partial charge in [-0.05, 0) is 51.9 Å². The van der Waals surface area contributed by atoms with E-state index < -0.39 is 0 Å². The molecule has 1 heterocycles. The Morgan fingerprint density at radius 1 is 1.07 bits per heavy atom. The normalized spacial score (nSPS) is 18.8. The number of nitrogens with zero attached hydrogens (tertiary/aromatic N) is 2. The van der Waals surface area contributed by atoms with Crippen LogP contribution >= 0.6 is 24.0 Å². The number of halogens is 1. The predicted octanol–water partition coefficient (Wildman–Crippen LogP) is 3.91. The van der Waals surface area contributed by atoms with Crippen LogP contribution in [-0.2, 0) is 9.47 Å². The molecule has 2 fully saturated rings. The highest BCUT2D eigenvalue weighted by Crippen LogP contribution is 2.20. The lowest BCUT2D eigenvalue weighted by Gasteiger charge is -2.32. The van der Waals surface area contributed by atoms with Crippen LogP contribution in [0.15, 0.2) is 4.99 Å². The molecule has 170 valence electrons. The first kappa shape index (κ1) is 26.3. The van der Waals surface area contributed by atoms with Crippen LogP contribution in [0.1, 0.15) is 71.1 Å². The van der Waals surface area contributed by atoms with E-state index in [4.69, 9.17) is 14.5 Å². The lowest BCUT2D eigenvalue weighted by atomic mass is 9.98. The SMILES string of the molecule is CCNC(=NCCCCCOC1CCCCC1)NC1CCN(C(=O)OC)CC1.I. The highest BCUT2D eigenvalue weighted by Gasteiger charge is 2.23. The van der Waals surface area contributed by atoms with Gasteiger partial charge in [0.25, 0.3) is 0 Å². The van der Waals surface area contributed by atoms with Crippen LogP contribution in [-0.4, -0.2) is 69.0 Å². The maximum atomic E-state index is 11.6. The average Bonchev–Trinajstić information content (AvgIpc) is 2.74. The molecule has 29 heavy (non-hydrogen) atoms. The van der Waals surface area contributed by atoms with Gasteiger partial charge >= 0.3 is 6.09 Å². The number of aliphatic imine (C=N–C) groups is 1. The second kappa shape index (κ2) is 16.0. The molecule has 0 atom stereocenters. The molecule has 1 amide bonds. The largest absolute Gasteiger partial charge is 0.453 e. The summed E-state index contributed by atoms with van der Waals surface area (Å²) >= 11 is 0. The summed E-state index contributed by atoms with van der Waals surface area (Å²) in [4.78, 5) is 18.1. The van der Waals surface area contributed by atoms with Crippen molar-refractivity contribution in [2.24, 2.45) is 4.99 Å². The Hall–Kier alpha value is -0.770. The highest BCUT2D eigenvalue weighted by atomic mass is 127. The molecule has 2 N–H and O–H groups in total. The molecular formula is C21H41IN4O3. The lowest BCUT2D eigenvalue weighted by Crippen LogP contribution is -2.49. The van der Waals surface area contributed by atoms with Crippen molar-refractivity contribution in [1.82, 2.24) is 15.5 Å². The van der Waals surface area contributed by atoms with E-state index in [0.29, 0.717) is 12.1 Å². The fraction of sp³-hybridized carbons (Fsp3) is 0.905. The first-order valence-corrected chi connectivity index (χ1v) is 11.2. The number of rotatable bonds is 9. The zero-order valence-corrected chi connectivity index (χ0v) is 20.6. The third-order valence-corrected chi connectivity index (χ3v) is 5.59. The summed E-state index contributed by atoms with van der Waals surface area (Å²) in [5.41, 5.74) is 0. The molecule has 8 heteroatoms. The monoisotopic (exact) mass is 524 g/mol. The zero-order chi connectivity index (χ0) is 20.0. The van der Waals surface area contributed by atoms with Crippen LogP contribution in [0.5, 0.6) is 0 Å². The highest BCUT2D eigenvalue weighted by molar-refractivity contribution is 14.0. The van der Waals surface area contributed by atoms with E-state index >= 15 is 0 Å². The van der Waals surface area contributed by atoms with Crippen molar-refractivity contribution in [1.29, 1.82) is 0 Å². The van der Waals surface area contributed by atoms with E-state index in [2.05, 4.69) is 17.6 Å². The minimum atomic E-state index is -0.230. The molecule has 2 aliphatic rings. The Morgan fingerprint density at radius 2 is 1.79 bits per heavy atom. The third kappa shape index (κ3) is 10.7. The molecular weight excluding hydrogens is 483 g/mol. The van der Waals surface area contributed by atoms with Gasteiger partial charge in [0, 0.05) is 38.8 Å². The van der Waals surface area contributed by atoms with E-state index in [1.165, 1.54) is 39.2 Å². The minimum Gasteiger partial charge on any atom is -0.453 e. The Balaban J connectivity index is 0.00000420. The third-order valence-electron chi connectivity index (χ3n) is 5.59. The van der Waals surface area contributed by atoms with E-state index in [9.17, 15) is 4.79 Å². The van der Waals surface area contributed by atoms with Crippen LogP contribution in [0.2, 0.25) is 0 Å². The van der Waals surface area contributed by atoms with Crippen molar-refractivity contribution in [3.05, 3.63) is 0 Å². The summed E-state index contributed by atoms with van der Waals surface area (Å²) < 4.78 is 10.8. The van der Waals surface area contributed by atoms with Crippen molar-refractivity contribution in [3.8, 4) is 0 Å². The van der Waals surface area contributed by atoms with Crippen molar-refractivity contribution in [2.75, 3.05) is 39.9 Å². The lowest BCUT2D eigenvalue weighted by molar-refractivity contribution is 0.0264.